The van der Waals surface area contributed by atoms with Crippen LogP contribution in [0, 0.1) is 0 Å². The highest BCUT2D eigenvalue weighted by atomic mass is 35.5. The number of para-hydroxylation sites is 1. The smallest absolute Gasteiger partial charge is 0.162 e. The summed E-state index contributed by atoms with van der Waals surface area (Å²) in [5.41, 5.74) is 3.29. The number of nitrogens with zero attached hydrogens (tertiary/aromatic N) is 2. The second-order valence-corrected chi connectivity index (χ2v) is 7.23. The number of rotatable bonds is 7. The molecule has 0 unspecified atom stereocenters. The fourth-order valence-electron chi connectivity index (χ4n) is 3.25. The summed E-state index contributed by atoms with van der Waals surface area (Å²) in [6.45, 7) is 0.883. The standard InChI is InChI=1S/C24H22ClN3/c25-20-15-13-19(14-16-20)23-27-22-12-5-4-11-21(22)24(28-23)26-17-7-6-10-18-8-2-1-3-9-18/h1-5,8-9,11-16H,6-7,10,17H2,(H,26,27,28). The lowest BCUT2D eigenvalue weighted by Gasteiger charge is -2.11. The van der Waals surface area contributed by atoms with Gasteiger partial charge >= 0.3 is 0 Å². The predicted molar refractivity (Wildman–Crippen MR) is 118 cm³/mol. The highest BCUT2D eigenvalue weighted by molar-refractivity contribution is 6.30. The van der Waals surface area contributed by atoms with Gasteiger partial charge in [0.15, 0.2) is 5.82 Å². The quantitative estimate of drug-likeness (QED) is 0.373. The van der Waals surface area contributed by atoms with Crippen LogP contribution in [0.2, 0.25) is 5.02 Å². The van der Waals surface area contributed by atoms with Crippen LogP contribution < -0.4 is 5.32 Å². The molecule has 0 atom stereocenters. The average molecular weight is 388 g/mol. The zero-order valence-corrected chi connectivity index (χ0v) is 16.4. The van der Waals surface area contributed by atoms with Gasteiger partial charge in [-0.1, -0.05) is 54.1 Å². The maximum absolute atomic E-state index is 6.01. The number of aryl methyl sites for hydroxylation is 1. The highest BCUT2D eigenvalue weighted by Crippen LogP contribution is 2.25. The van der Waals surface area contributed by atoms with E-state index in [1.54, 1.807) is 0 Å². The van der Waals surface area contributed by atoms with E-state index in [0.717, 1.165) is 48.1 Å². The van der Waals surface area contributed by atoms with Crippen molar-refractivity contribution in [3.8, 4) is 11.4 Å². The van der Waals surface area contributed by atoms with Gasteiger partial charge in [-0.3, -0.25) is 0 Å². The molecule has 0 radical (unpaired) electrons. The van der Waals surface area contributed by atoms with Crippen LogP contribution in [0.1, 0.15) is 18.4 Å². The normalized spacial score (nSPS) is 10.9. The number of nitrogens with one attached hydrogen (secondary N) is 1. The van der Waals surface area contributed by atoms with Crippen molar-refractivity contribution in [1.29, 1.82) is 0 Å². The predicted octanol–water partition coefficient (Wildman–Crippen LogP) is 6.39. The van der Waals surface area contributed by atoms with Crippen molar-refractivity contribution < 1.29 is 0 Å². The van der Waals surface area contributed by atoms with Crippen LogP contribution in [0.3, 0.4) is 0 Å². The van der Waals surface area contributed by atoms with E-state index in [0.29, 0.717) is 10.8 Å². The summed E-state index contributed by atoms with van der Waals surface area (Å²) in [6.07, 6.45) is 3.33. The zero-order valence-electron chi connectivity index (χ0n) is 15.6. The Kier molecular flexibility index (Phi) is 5.83. The first kappa shape index (κ1) is 18.5. The number of aromatic nitrogens is 2. The second-order valence-electron chi connectivity index (χ2n) is 6.79. The molecule has 1 N–H and O–H groups in total. The first-order chi connectivity index (χ1) is 13.8. The topological polar surface area (TPSA) is 37.8 Å². The van der Waals surface area contributed by atoms with Crippen molar-refractivity contribution in [2.45, 2.75) is 19.3 Å². The Bertz CT molecular complexity index is 1050. The molecule has 0 aliphatic heterocycles. The largest absolute Gasteiger partial charge is 0.369 e. The molecule has 1 heterocycles. The number of hydrogen-bond acceptors (Lipinski definition) is 3. The van der Waals surface area contributed by atoms with Crippen LogP contribution in [0.25, 0.3) is 22.3 Å². The fourth-order valence-corrected chi connectivity index (χ4v) is 3.37. The van der Waals surface area contributed by atoms with Gasteiger partial charge in [0.05, 0.1) is 5.52 Å². The van der Waals surface area contributed by atoms with E-state index in [2.05, 4.69) is 41.7 Å². The number of fused-ring (bicyclic) bond motifs is 1. The average Bonchev–Trinajstić information content (AvgIpc) is 2.74. The van der Waals surface area contributed by atoms with E-state index in [1.165, 1.54) is 5.56 Å². The molecule has 1 aromatic heterocycles. The molecule has 4 rings (SSSR count). The Morgan fingerprint density at radius 1 is 0.750 bits per heavy atom. The van der Waals surface area contributed by atoms with Crippen molar-refractivity contribution in [3.05, 3.63) is 89.4 Å². The number of unbranched alkanes of at least 4 members (excludes halogenated alkanes) is 1. The van der Waals surface area contributed by atoms with Crippen molar-refractivity contribution >= 4 is 28.3 Å². The van der Waals surface area contributed by atoms with Crippen molar-refractivity contribution in [2.24, 2.45) is 0 Å². The molecule has 3 nitrogen and oxygen atoms in total. The molecule has 3 aromatic carbocycles. The third kappa shape index (κ3) is 4.49. The van der Waals surface area contributed by atoms with E-state index in [9.17, 15) is 0 Å². The lowest BCUT2D eigenvalue weighted by atomic mass is 10.1. The molecule has 0 aliphatic carbocycles. The van der Waals surface area contributed by atoms with Crippen LogP contribution in [0.5, 0.6) is 0 Å². The minimum atomic E-state index is 0.710. The summed E-state index contributed by atoms with van der Waals surface area (Å²) in [6, 6.07) is 26.4. The molecule has 4 heteroatoms. The Labute approximate surface area is 170 Å². The van der Waals surface area contributed by atoms with E-state index in [4.69, 9.17) is 21.6 Å². The molecule has 28 heavy (non-hydrogen) atoms. The monoisotopic (exact) mass is 387 g/mol. The third-order valence-corrected chi connectivity index (χ3v) is 4.99. The Morgan fingerprint density at radius 3 is 2.32 bits per heavy atom. The summed E-state index contributed by atoms with van der Waals surface area (Å²) in [5, 5.41) is 5.27. The minimum Gasteiger partial charge on any atom is -0.369 e. The number of hydrogen-bond donors (Lipinski definition) is 1. The van der Waals surface area contributed by atoms with Gasteiger partial charge < -0.3 is 5.32 Å². The van der Waals surface area contributed by atoms with E-state index < -0.39 is 0 Å². The molecular weight excluding hydrogens is 366 g/mol. The first-order valence-corrected chi connectivity index (χ1v) is 9.98. The van der Waals surface area contributed by atoms with Crippen molar-refractivity contribution in [3.63, 3.8) is 0 Å². The van der Waals surface area contributed by atoms with E-state index in [1.807, 2.05) is 42.5 Å². The molecule has 0 saturated carbocycles. The SMILES string of the molecule is Clc1ccc(-c2nc(NCCCCc3ccccc3)c3ccccc3n2)cc1. The molecule has 0 bridgehead atoms. The molecule has 0 spiro atoms. The maximum Gasteiger partial charge on any atom is 0.162 e. The van der Waals surface area contributed by atoms with Gasteiger partial charge in [-0.2, -0.15) is 0 Å². The summed E-state index contributed by atoms with van der Waals surface area (Å²) in [5.74, 6) is 1.59. The molecule has 0 saturated heterocycles. The molecule has 0 aliphatic rings. The Hall–Kier alpha value is -2.91. The summed E-state index contributed by atoms with van der Waals surface area (Å²) >= 11 is 6.01. The number of anilines is 1. The number of benzene rings is 3. The fraction of sp³-hybridized carbons (Fsp3) is 0.167. The lowest BCUT2D eigenvalue weighted by Crippen LogP contribution is -2.06. The molecular formula is C24H22ClN3. The lowest BCUT2D eigenvalue weighted by molar-refractivity contribution is 0.762. The van der Waals surface area contributed by atoms with Crippen LogP contribution in [0.15, 0.2) is 78.9 Å². The van der Waals surface area contributed by atoms with E-state index in [-0.39, 0.29) is 0 Å². The third-order valence-electron chi connectivity index (χ3n) is 4.73. The van der Waals surface area contributed by atoms with Crippen LogP contribution in [0.4, 0.5) is 5.82 Å². The number of halogens is 1. The van der Waals surface area contributed by atoms with E-state index >= 15 is 0 Å². The van der Waals surface area contributed by atoms with Gasteiger partial charge in [0, 0.05) is 22.5 Å². The molecule has 0 fully saturated rings. The molecule has 140 valence electrons. The molecule has 4 aromatic rings. The second kappa shape index (κ2) is 8.85. The van der Waals surface area contributed by atoms with Crippen molar-refractivity contribution in [2.75, 3.05) is 11.9 Å². The zero-order chi connectivity index (χ0) is 19.2. The van der Waals surface area contributed by atoms with Gasteiger partial charge in [0.2, 0.25) is 0 Å². The Morgan fingerprint density at radius 2 is 1.50 bits per heavy atom. The van der Waals surface area contributed by atoms with Gasteiger partial charge in [0.25, 0.3) is 0 Å². The summed E-state index contributed by atoms with van der Waals surface area (Å²) < 4.78 is 0. The van der Waals surface area contributed by atoms with Crippen LogP contribution in [-0.4, -0.2) is 16.5 Å². The van der Waals surface area contributed by atoms with Gasteiger partial charge in [-0.25, -0.2) is 9.97 Å². The van der Waals surface area contributed by atoms with Crippen LogP contribution in [-0.2, 0) is 6.42 Å². The van der Waals surface area contributed by atoms with Crippen molar-refractivity contribution in [1.82, 2.24) is 9.97 Å². The molecule has 0 amide bonds. The first-order valence-electron chi connectivity index (χ1n) is 9.60. The Balaban J connectivity index is 1.48. The van der Waals surface area contributed by atoms with Gasteiger partial charge in [0.1, 0.15) is 5.82 Å². The summed E-state index contributed by atoms with van der Waals surface area (Å²) in [7, 11) is 0. The van der Waals surface area contributed by atoms with Gasteiger partial charge in [-0.15, -0.1) is 0 Å². The summed E-state index contributed by atoms with van der Waals surface area (Å²) in [4.78, 5) is 9.52. The highest BCUT2D eigenvalue weighted by Gasteiger charge is 2.09. The van der Waals surface area contributed by atoms with Gasteiger partial charge in [-0.05, 0) is 61.2 Å². The minimum absolute atomic E-state index is 0.710. The maximum atomic E-state index is 6.01. The van der Waals surface area contributed by atoms with Crippen LogP contribution >= 0.6 is 11.6 Å².